The highest BCUT2D eigenvalue weighted by Gasteiger charge is 2.13. The van der Waals surface area contributed by atoms with Gasteiger partial charge in [-0.05, 0) is 47.0 Å². The van der Waals surface area contributed by atoms with E-state index in [1.807, 2.05) is 30.3 Å². The Kier molecular flexibility index (Phi) is 5.69. The number of hydrogen-bond acceptors (Lipinski definition) is 2. The molecule has 0 aromatic heterocycles. The predicted molar refractivity (Wildman–Crippen MR) is 108 cm³/mol. The monoisotopic (exact) mass is 377 g/mol. The molecule has 5 heteroatoms. The fourth-order valence-corrected chi connectivity index (χ4v) is 2.69. The summed E-state index contributed by atoms with van der Waals surface area (Å²) in [4.78, 5) is 23.7. The van der Waals surface area contributed by atoms with Crippen molar-refractivity contribution < 1.29 is 14.7 Å². The number of halogens is 1. The van der Waals surface area contributed by atoms with Crippen LogP contribution >= 0.6 is 11.6 Å². The molecular formula is C22H16ClNO3. The molecule has 2 N–H and O–H groups in total. The Balaban J connectivity index is 1.84. The summed E-state index contributed by atoms with van der Waals surface area (Å²) in [6.07, 6.45) is 2.98. The number of aromatic carboxylic acids is 1. The number of hydrogen-bond donors (Lipinski definition) is 2. The van der Waals surface area contributed by atoms with E-state index in [1.165, 1.54) is 12.1 Å². The van der Waals surface area contributed by atoms with Crippen molar-refractivity contribution in [2.24, 2.45) is 0 Å². The van der Waals surface area contributed by atoms with Crippen LogP contribution in [0.5, 0.6) is 0 Å². The second-order valence-corrected chi connectivity index (χ2v) is 6.24. The van der Waals surface area contributed by atoms with Crippen molar-refractivity contribution in [1.29, 1.82) is 0 Å². The van der Waals surface area contributed by atoms with E-state index in [9.17, 15) is 14.7 Å². The molecule has 0 unspecified atom stereocenters. The molecule has 0 aliphatic heterocycles. The molecule has 0 aliphatic rings. The second kappa shape index (κ2) is 8.34. The third kappa shape index (κ3) is 4.84. The van der Waals surface area contributed by atoms with Crippen LogP contribution in [0, 0.1) is 0 Å². The lowest BCUT2D eigenvalue weighted by Gasteiger charge is -2.10. The number of carbonyl (C=O) groups excluding carboxylic acids is 1. The molecule has 0 atom stereocenters. The molecular weight excluding hydrogens is 362 g/mol. The van der Waals surface area contributed by atoms with E-state index in [2.05, 4.69) is 5.32 Å². The van der Waals surface area contributed by atoms with Crippen molar-refractivity contribution in [2.75, 3.05) is 5.32 Å². The number of rotatable bonds is 5. The van der Waals surface area contributed by atoms with Crippen molar-refractivity contribution in [1.82, 2.24) is 0 Å². The lowest BCUT2D eigenvalue weighted by atomic mass is 10.0. The highest BCUT2D eigenvalue weighted by atomic mass is 35.5. The Hall–Kier alpha value is -3.37. The first-order chi connectivity index (χ1) is 13.0. The Bertz CT molecular complexity index is 996. The first-order valence-corrected chi connectivity index (χ1v) is 8.58. The third-order valence-electron chi connectivity index (χ3n) is 3.91. The maximum Gasteiger partial charge on any atom is 0.337 e. The normalized spacial score (nSPS) is 10.7. The van der Waals surface area contributed by atoms with Crippen molar-refractivity contribution in [3.63, 3.8) is 0 Å². The SMILES string of the molecule is O=C(C=Cc1ccc(Cl)cc1)Nc1cc(-c2ccccc2)ccc1C(=O)O. The molecule has 3 aromatic carbocycles. The quantitative estimate of drug-likeness (QED) is 0.588. The highest BCUT2D eigenvalue weighted by molar-refractivity contribution is 6.30. The van der Waals surface area contributed by atoms with Crippen LogP contribution in [-0.4, -0.2) is 17.0 Å². The minimum absolute atomic E-state index is 0.0305. The van der Waals surface area contributed by atoms with Crippen LogP contribution in [0.1, 0.15) is 15.9 Å². The topological polar surface area (TPSA) is 66.4 Å². The molecule has 0 spiro atoms. The number of carboxylic acid groups (broad SMARTS) is 1. The van der Waals surface area contributed by atoms with Crippen LogP contribution in [-0.2, 0) is 4.79 Å². The Morgan fingerprint density at radius 2 is 1.59 bits per heavy atom. The van der Waals surface area contributed by atoms with Crippen LogP contribution < -0.4 is 5.32 Å². The van der Waals surface area contributed by atoms with Gasteiger partial charge in [0.1, 0.15) is 0 Å². The van der Waals surface area contributed by atoms with Gasteiger partial charge in [-0.1, -0.05) is 60.1 Å². The summed E-state index contributed by atoms with van der Waals surface area (Å²) in [5, 5.41) is 12.7. The number of carbonyl (C=O) groups is 2. The molecule has 0 radical (unpaired) electrons. The summed E-state index contributed by atoms with van der Waals surface area (Å²) < 4.78 is 0. The van der Waals surface area contributed by atoms with E-state index in [0.29, 0.717) is 5.02 Å². The van der Waals surface area contributed by atoms with Crippen molar-refractivity contribution in [3.05, 3.63) is 95.0 Å². The third-order valence-corrected chi connectivity index (χ3v) is 4.16. The number of amides is 1. The Morgan fingerprint density at radius 1 is 0.889 bits per heavy atom. The number of nitrogens with one attached hydrogen (secondary N) is 1. The molecule has 0 bridgehead atoms. The van der Waals surface area contributed by atoms with Gasteiger partial charge in [0.15, 0.2) is 0 Å². The minimum Gasteiger partial charge on any atom is -0.478 e. The average Bonchev–Trinajstić information content (AvgIpc) is 2.68. The van der Waals surface area contributed by atoms with Gasteiger partial charge in [0.05, 0.1) is 11.3 Å². The molecule has 134 valence electrons. The zero-order valence-electron chi connectivity index (χ0n) is 14.2. The van der Waals surface area contributed by atoms with Gasteiger partial charge in [-0.25, -0.2) is 4.79 Å². The molecule has 1 amide bonds. The first kappa shape index (κ1) is 18.4. The fraction of sp³-hybridized carbons (Fsp3) is 0. The molecule has 0 aliphatic carbocycles. The molecule has 4 nitrogen and oxygen atoms in total. The van der Waals surface area contributed by atoms with Crippen molar-refractivity contribution >= 4 is 35.2 Å². The standard InChI is InChI=1S/C22H16ClNO3/c23-18-10-6-15(7-11-18)8-13-21(25)24-20-14-17(9-12-19(20)22(26)27)16-4-2-1-3-5-16/h1-14H,(H,24,25)(H,26,27). The molecule has 3 rings (SSSR count). The van der Waals surface area contributed by atoms with E-state index in [4.69, 9.17) is 11.6 Å². The second-order valence-electron chi connectivity index (χ2n) is 5.81. The summed E-state index contributed by atoms with van der Waals surface area (Å²) in [5.41, 5.74) is 2.84. The van der Waals surface area contributed by atoms with Gasteiger partial charge in [0.2, 0.25) is 5.91 Å². The van der Waals surface area contributed by atoms with Crippen LogP contribution in [0.2, 0.25) is 5.02 Å². The van der Waals surface area contributed by atoms with Crippen LogP contribution in [0.4, 0.5) is 5.69 Å². The van der Waals surface area contributed by atoms with Gasteiger partial charge < -0.3 is 10.4 Å². The molecule has 0 fully saturated rings. The summed E-state index contributed by atoms with van der Waals surface area (Å²) in [6, 6.07) is 21.4. The largest absolute Gasteiger partial charge is 0.478 e. The Labute approximate surface area is 161 Å². The fourth-order valence-electron chi connectivity index (χ4n) is 2.56. The van der Waals surface area contributed by atoms with Gasteiger partial charge in [-0.2, -0.15) is 0 Å². The molecule has 27 heavy (non-hydrogen) atoms. The zero-order chi connectivity index (χ0) is 19.2. The summed E-state index contributed by atoms with van der Waals surface area (Å²) in [6.45, 7) is 0. The molecule has 0 saturated carbocycles. The average molecular weight is 378 g/mol. The lowest BCUT2D eigenvalue weighted by Crippen LogP contribution is -2.12. The zero-order valence-corrected chi connectivity index (χ0v) is 15.0. The number of anilines is 1. The van der Waals surface area contributed by atoms with Gasteiger partial charge >= 0.3 is 5.97 Å². The molecule has 3 aromatic rings. The number of benzene rings is 3. The van der Waals surface area contributed by atoms with E-state index < -0.39 is 11.9 Å². The minimum atomic E-state index is -1.11. The lowest BCUT2D eigenvalue weighted by molar-refractivity contribution is -0.111. The van der Waals surface area contributed by atoms with Gasteiger partial charge in [-0.3, -0.25) is 4.79 Å². The van der Waals surface area contributed by atoms with Crippen molar-refractivity contribution in [2.45, 2.75) is 0 Å². The van der Waals surface area contributed by atoms with E-state index >= 15 is 0 Å². The Morgan fingerprint density at radius 3 is 2.26 bits per heavy atom. The van der Waals surface area contributed by atoms with Crippen molar-refractivity contribution in [3.8, 4) is 11.1 Å². The van der Waals surface area contributed by atoms with E-state index in [1.54, 1.807) is 42.5 Å². The summed E-state index contributed by atoms with van der Waals surface area (Å²) >= 11 is 5.84. The van der Waals surface area contributed by atoms with E-state index in [-0.39, 0.29) is 11.3 Å². The summed E-state index contributed by atoms with van der Waals surface area (Å²) in [7, 11) is 0. The maximum absolute atomic E-state index is 12.3. The smallest absolute Gasteiger partial charge is 0.337 e. The number of carboxylic acids is 1. The predicted octanol–water partition coefficient (Wildman–Crippen LogP) is 5.36. The highest BCUT2D eigenvalue weighted by Crippen LogP contribution is 2.26. The van der Waals surface area contributed by atoms with Crippen LogP contribution in [0.25, 0.3) is 17.2 Å². The van der Waals surface area contributed by atoms with Gasteiger partial charge in [-0.15, -0.1) is 0 Å². The maximum atomic E-state index is 12.3. The molecule has 0 saturated heterocycles. The van der Waals surface area contributed by atoms with Gasteiger partial charge in [0, 0.05) is 11.1 Å². The first-order valence-electron chi connectivity index (χ1n) is 8.20. The van der Waals surface area contributed by atoms with Gasteiger partial charge in [0.25, 0.3) is 0 Å². The molecule has 0 heterocycles. The van der Waals surface area contributed by atoms with E-state index in [0.717, 1.165) is 16.7 Å². The summed E-state index contributed by atoms with van der Waals surface area (Å²) in [5.74, 6) is -1.52. The van der Waals surface area contributed by atoms with Crippen LogP contribution in [0.3, 0.4) is 0 Å². The van der Waals surface area contributed by atoms with Crippen LogP contribution in [0.15, 0.2) is 78.9 Å².